The molecule has 0 radical (unpaired) electrons. The van der Waals surface area contributed by atoms with Crippen molar-refractivity contribution in [1.82, 2.24) is 5.32 Å². The Labute approximate surface area is 166 Å². The summed E-state index contributed by atoms with van der Waals surface area (Å²) in [6.07, 6.45) is -0.00313. The lowest BCUT2D eigenvalue weighted by Crippen LogP contribution is -2.37. The summed E-state index contributed by atoms with van der Waals surface area (Å²) < 4.78 is 22.0. The Morgan fingerprint density at radius 1 is 0.964 bits per heavy atom. The van der Waals surface area contributed by atoms with E-state index in [0.29, 0.717) is 30.2 Å². The lowest BCUT2D eigenvalue weighted by atomic mass is 10.1. The number of hydrogen-bond acceptors (Lipinski definition) is 5. The van der Waals surface area contributed by atoms with Crippen LogP contribution in [0.25, 0.3) is 0 Å². The summed E-state index contributed by atoms with van der Waals surface area (Å²) in [5.41, 5.74) is 2.93. The van der Waals surface area contributed by atoms with Gasteiger partial charge < -0.3 is 24.3 Å². The number of nitrogens with one attached hydrogen (secondary N) is 1. The average Bonchev–Trinajstić information content (AvgIpc) is 2.71. The fourth-order valence-corrected chi connectivity index (χ4v) is 2.85. The highest BCUT2D eigenvalue weighted by atomic mass is 16.5. The van der Waals surface area contributed by atoms with Crippen LogP contribution in [0.1, 0.15) is 30.0 Å². The minimum absolute atomic E-state index is 0.169. The molecule has 0 fully saturated rings. The van der Waals surface area contributed by atoms with Crippen molar-refractivity contribution in [3.63, 3.8) is 0 Å². The molecule has 0 saturated heterocycles. The first-order valence-electron chi connectivity index (χ1n) is 9.23. The van der Waals surface area contributed by atoms with Crippen LogP contribution in [-0.4, -0.2) is 33.3 Å². The molecule has 1 amide bonds. The van der Waals surface area contributed by atoms with Gasteiger partial charge in [-0.1, -0.05) is 19.1 Å². The fraction of sp³-hybridized carbons (Fsp3) is 0.409. The van der Waals surface area contributed by atoms with Crippen LogP contribution in [0.5, 0.6) is 23.0 Å². The van der Waals surface area contributed by atoms with Crippen LogP contribution in [0.3, 0.4) is 0 Å². The largest absolute Gasteiger partial charge is 0.493 e. The predicted octanol–water partition coefficient (Wildman–Crippen LogP) is 3.80. The molecule has 0 aliphatic carbocycles. The quantitative estimate of drug-likeness (QED) is 0.709. The maximum absolute atomic E-state index is 12.7. The van der Waals surface area contributed by atoms with Crippen molar-refractivity contribution >= 4 is 5.91 Å². The highest BCUT2D eigenvalue weighted by Gasteiger charge is 2.20. The third-order valence-corrected chi connectivity index (χ3v) is 4.47. The zero-order valence-corrected chi connectivity index (χ0v) is 17.4. The van der Waals surface area contributed by atoms with E-state index in [1.54, 1.807) is 21.3 Å². The second kappa shape index (κ2) is 9.88. The van der Waals surface area contributed by atoms with E-state index >= 15 is 0 Å². The van der Waals surface area contributed by atoms with E-state index < -0.39 is 6.10 Å². The van der Waals surface area contributed by atoms with Crippen molar-refractivity contribution in [2.75, 3.05) is 21.3 Å². The van der Waals surface area contributed by atoms with Crippen molar-refractivity contribution in [3.8, 4) is 23.0 Å². The van der Waals surface area contributed by atoms with E-state index in [9.17, 15) is 4.79 Å². The molecule has 6 nitrogen and oxygen atoms in total. The number of carbonyl (C=O) groups is 1. The van der Waals surface area contributed by atoms with Crippen LogP contribution in [0.4, 0.5) is 0 Å². The molecular formula is C22H29NO5. The van der Waals surface area contributed by atoms with E-state index in [4.69, 9.17) is 18.9 Å². The number of methoxy groups -OCH3 is 3. The van der Waals surface area contributed by atoms with E-state index in [-0.39, 0.29) is 5.91 Å². The lowest BCUT2D eigenvalue weighted by molar-refractivity contribution is -0.128. The van der Waals surface area contributed by atoms with Crippen LogP contribution in [0, 0.1) is 13.8 Å². The van der Waals surface area contributed by atoms with Gasteiger partial charge in [0, 0.05) is 6.54 Å². The molecule has 0 bridgehead atoms. The summed E-state index contributed by atoms with van der Waals surface area (Å²) in [6, 6.07) is 9.59. The standard InChI is InChI=1S/C22H29NO5/c1-7-17(28-18-10-14(2)8-9-15(18)3)22(24)23-13-16-11-19(25-4)21(27-6)20(12-16)26-5/h8-12,17H,7,13H2,1-6H3,(H,23,24)/t17-/m0/s1. The Bertz CT molecular complexity index is 794. The van der Waals surface area contributed by atoms with E-state index in [1.165, 1.54) is 0 Å². The topological polar surface area (TPSA) is 66.0 Å². The Morgan fingerprint density at radius 2 is 1.61 bits per heavy atom. The van der Waals surface area contributed by atoms with Crippen LogP contribution in [0.15, 0.2) is 30.3 Å². The molecule has 1 atom stereocenters. The van der Waals surface area contributed by atoms with Gasteiger partial charge in [-0.2, -0.15) is 0 Å². The molecule has 0 aliphatic rings. The van der Waals surface area contributed by atoms with Crippen LogP contribution in [0.2, 0.25) is 0 Å². The summed E-state index contributed by atoms with van der Waals surface area (Å²) in [6.45, 7) is 6.21. The van der Waals surface area contributed by atoms with Gasteiger partial charge >= 0.3 is 0 Å². The minimum Gasteiger partial charge on any atom is -0.493 e. The first-order chi connectivity index (χ1) is 13.4. The molecule has 28 heavy (non-hydrogen) atoms. The second-order valence-corrected chi connectivity index (χ2v) is 6.54. The van der Waals surface area contributed by atoms with Crippen LogP contribution in [-0.2, 0) is 11.3 Å². The maximum Gasteiger partial charge on any atom is 0.261 e. The molecule has 0 saturated carbocycles. The van der Waals surface area contributed by atoms with Gasteiger partial charge in [-0.15, -0.1) is 0 Å². The average molecular weight is 387 g/mol. The Balaban J connectivity index is 2.10. The van der Waals surface area contributed by atoms with Crippen molar-refractivity contribution in [2.45, 2.75) is 39.8 Å². The normalized spacial score (nSPS) is 11.5. The molecule has 0 heterocycles. The lowest BCUT2D eigenvalue weighted by Gasteiger charge is -2.19. The smallest absolute Gasteiger partial charge is 0.261 e. The van der Waals surface area contributed by atoms with Gasteiger partial charge in [-0.25, -0.2) is 0 Å². The molecule has 2 rings (SSSR count). The summed E-state index contributed by atoms with van der Waals surface area (Å²) in [5.74, 6) is 2.17. The first kappa shape index (κ1) is 21.4. The molecule has 0 unspecified atom stereocenters. The van der Waals surface area contributed by atoms with Gasteiger partial charge in [-0.05, 0) is 55.2 Å². The predicted molar refractivity (Wildman–Crippen MR) is 109 cm³/mol. The number of aryl methyl sites for hydroxylation is 2. The number of amides is 1. The summed E-state index contributed by atoms with van der Waals surface area (Å²) in [5, 5.41) is 2.93. The third-order valence-electron chi connectivity index (χ3n) is 4.47. The third kappa shape index (κ3) is 5.09. The molecule has 2 aromatic rings. The van der Waals surface area contributed by atoms with Crippen molar-refractivity contribution in [2.24, 2.45) is 0 Å². The van der Waals surface area contributed by atoms with Gasteiger partial charge in [0.05, 0.1) is 21.3 Å². The van der Waals surface area contributed by atoms with Gasteiger partial charge in [0.2, 0.25) is 5.75 Å². The monoisotopic (exact) mass is 387 g/mol. The Hall–Kier alpha value is -2.89. The van der Waals surface area contributed by atoms with Crippen molar-refractivity contribution in [1.29, 1.82) is 0 Å². The molecular weight excluding hydrogens is 358 g/mol. The SMILES string of the molecule is CC[C@H](Oc1cc(C)ccc1C)C(=O)NCc1cc(OC)c(OC)c(OC)c1. The highest BCUT2D eigenvalue weighted by molar-refractivity contribution is 5.81. The number of carbonyl (C=O) groups excluding carboxylic acids is 1. The van der Waals surface area contributed by atoms with Crippen LogP contribution >= 0.6 is 0 Å². The summed E-state index contributed by atoms with van der Waals surface area (Å²) in [4.78, 5) is 12.7. The van der Waals surface area contributed by atoms with E-state index in [2.05, 4.69) is 5.32 Å². The summed E-state index contributed by atoms with van der Waals surface area (Å²) in [7, 11) is 4.67. The number of rotatable bonds is 9. The van der Waals surface area contributed by atoms with Crippen molar-refractivity contribution in [3.05, 3.63) is 47.0 Å². The molecule has 0 spiro atoms. The Morgan fingerprint density at radius 3 is 2.14 bits per heavy atom. The van der Waals surface area contributed by atoms with Crippen molar-refractivity contribution < 1.29 is 23.7 Å². The number of hydrogen-bond donors (Lipinski definition) is 1. The van der Waals surface area contributed by atoms with Crippen LogP contribution < -0.4 is 24.3 Å². The molecule has 2 aromatic carbocycles. The molecule has 1 N–H and O–H groups in total. The van der Waals surface area contributed by atoms with E-state index in [1.807, 2.05) is 51.1 Å². The second-order valence-electron chi connectivity index (χ2n) is 6.54. The maximum atomic E-state index is 12.7. The number of benzene rings is 2. The van der Waals surface area contributed by atoms with E-state index in [0.717, 1.165) is 22.4 Å². The zero-order valence-electron chi connectivity index (χ0n) is 17.4. The first-order valence-corrected chi connectivity index (χ1v) is 9.23. The molecule has 6 heteroatoms. The number of ether oxygens (including phenoxy) is 4. The zero-order chi connectivity index (χ0) is 20.7. The minimum atomic E-state index is -0.567. The van der Waals surface area contributed by atoms with Gasteiger partial charge in [-0.3, -0.25) is 4.79 Å². The molecule has 0 aliphatic heterocycles. The van der Waals surface area contributed by atoms with Gasteiger partial charge in [0.25, 0.3) is 5.91 Å². The highest BCUT2D eigenvalue weighted by Crippen LogP contribution is 2.38. The summed E-state index contributed by atoms with van der Waals surface area (Å²) >= 11 is 0. The van der Waals surface area contributed by atoms with Gasteiger partial charge in [0.15, 0.2) is 17.6 Å². The molecule has 152 valence electrons. The molecule has 0 aromatic heterocycles. The fourth-order valence-electron chi connectivity index (χ4n) is 2.85. The van der Waals surface area contributed by atoms with Gasteiger partial charge in [0.1, 0.15) is 5.75 Å². The Kier molecular flexibility index (Phi) is 7.55.